The Balaban J connectivity index is 2.02. The number of non-ortho nitro benzene ring substituents is 1. The number of benzene rings is 2. The zero-order valence-corrected chi connectivity index (χ0v) is 11.4. The molecular formula is C16H11N3O3. The summed E-state index contributed by atoms with van der Waals surface area (Å²) in [7, 11) is 0. The van der Waals surface area contributed by atoms with Gasteiger partial charge in [-0.25, -0.2) is 0 Å². The van der Waals surface area contributed by atoms with Crippen LogP contribution in [-0.4, -0.2) is 10.8 Å². The highest BCUT2D eigenvalue weighted by Crippen LogP contribution is 2.13. The van der Waals surface area contributed by atoms with E-state index in [-0.39, 0.29) is 11.6 Å². The van der Waals surface area contributed by atoms with Gasteiger partial charge in [-0.15, -0.1) is 0 Å². The van der Waals surface area contributed by atoms with Crippen molar-refractivity contribution in [3.05, 3.63) is 75.8 Å². The first-order valence-electron chi connectivity index (χ1n) is 6.32. The lowest BCUT2D eigenvalue weighted by molar-refractivity contribution is -0.384. The van der Waals surface area contributed by atoms with E-state index in [1.165, 1.54) is 18.2 Å². The van der Waals surface area contributed by atoms with E-state index >= 15 is 0 Å². The van der Waals surface area contributed by atoms with Crippen LogP contribution in [0.1, 0.15) is 11.1 Å². The number of nitro groups is 1. The Hall–Kier alpha value is -3.46. The third-order valence-corrected chi connectivity index (χ3v) is 2.79. The van der Waals surface area contributed by atoms with Crippen molar-refractivity contribution in [3.8, 4) is 6.07 Å². The lowest BCUT2D eigenvalue weighted by Gasteiger charge is -2.01. The third-order valence-electron chi connectivity index (χ3n) is 2.79. The summed E-state index contributed by atoms with van der Waals surface area (Å²) in [4.78, 5) is 21.8. The number of nitrogens with zero attached hydrogens (tertiary/aromatic N) is 2. The summed E-state index contributed by atoms with van der Waals surface area (Å²) in [6.45, 7) is 0. The first-order chi connectivity index (χ1) is 10.6. The molecule has 0 aliphatic rings. The maximum absolute atomic E-state index is 11.8. The second-order valence-electron chi connectivity index (χ2n) is 4.36. The van der Waals surface area contributed by atoms with Crippen molar-refractivity contribution in [1.29, 1.82) is 5.26 Å². The van der Waals surface area contributed by atoms with Gasteiger partial charge in [0.1, 0.15) is 0 Å². The van der Waals surface area contributed by atoms with E-state index < -0.39 is 4.92 Å². The van der Waals surface area contributed by atoms with E-state index in [2.05, 4.69) is 5.32 Å². The summed E-state index contributed by atoms with van der Waals surface area (Å²) in [6.07, 6.45) is 2.87. The summed E-state index contributed by atoms with van der Waals surface area (Å²) in [6, 6.07) is 14.4. The number of carbonyl (C=O) groups is 1. The lowest BCUT2D eigenvalue weighted by atomic mass is 10.2. The van der Waals surface area contributed by atoms with Crippen molar-refractivity contribution < 1.29 is 9.72 Å². The molecule has 2 aromatic carbocycles. The van der Waals surface area contributed by atoms with Crippen LogP contribution in [0, 0.1) is 21.4 Å². The standard InChI is InChI=1S/C16H11N3O3/c17-11-13-2-1-3-14(10-13)18-16(20)9-6-12-4-7-15(8-5-12)19(21)22/h1-10H,(H,18,20). The van der Waals surface area contributed by atoms with Gasteiger partial charge in [0.2, 0.25) is 5.91 Å². The predicted molar refractivity (Wildman–Crippen MR) is 81.9 cm³/mol. The Morgan fingerprint density at radius 1 is 1.23 bits per heavy atom. The fourth-order valence-corrected chi connectivity index (χ4v) is 1.73. The Morgan fingerprint density at radius 3 is 2.59 bits per heavy atom. The van der Waals surface area contributed by atoms with Gasteiger partial charge in [0.15, 0.2) is 0 Å². The van der Waals surface area contributed by atoms with Crippen molar-refractivity contribution in [3.63, 3.8) is 0 Å². The maximum Gasteiger partial charge on any atom is 0.269 e. The average Bonchev–Trinajstić information content (AvgIpc) is 2.53. The van der Waals surface area contributed by atoms with Crippen molar-refractivity contribution in [2.45, 2.75) is 0 Å². The van der Waals surface area contributed by atoms with Gasteiger partial charge < -0.3 is 5.32 Å². The van der Waals surface area contributed by atoms with E-state index in [9.17, 15) is 14.9 Å². The number of anilines is 1. The SMILES string of the molecule is N#Cc1cccc(NC(=O)C=Cc2ccc([N+](=O)[O-])cc2)c1. The van der Waals surface area contributed by atoms with E-state index in [0.717, 1.165) is 0 Å². The molecule has 0 unspecified atom stereocenters. The highest BCUT2D eigenvalue weighted by atomic mass is 16.6. The molecule has 0 atom stereocenters. The molecule has 0 radical (unpaired) electrons. The number of nitrogens with one attached hydrogen (secondary N) is 1. The molecule has 0 saturated carbocycles. The normalized spacial score (nSPS) is 10.1. The fourth-order valence-electron chi connectivity index (χ4n) is 1.73. The van der Waals surface area contributed by atoms with Gasteiger partial charge in [-0.05, 0) is 42.0 Å². The van der Waals surface area contributed by atoms with Gasteiger partial charge >= 0.3 is 0 Å². The number of nitriles is 1. The number of nitro benzene ring substituents is 1. The van der Waals surface area contributed by atoms with Gasteiger partial charge in [0.25, 0.3) is 5.69 Å². The molecule has 108 valence electrons. The van der Waals surface area contributed by atoms with Crippen LogP contribution >= 0.6 is 0 Å². The average molecular weight is 293 g/mol. The van der Waals surface area contributed by atoms with Crippen LogP contribution in [0.2, 0.25) is 0 Å². The molecule has 6 heteroatoms. The predicted octanol–water partition coefficient (Wildman–Crippen LogP) is 3.12. The quantitative estimate of drug-likeness (QED) is 0.532. The lowest BCUT2D eigenvalue weighted by Crippen LogP contribution is -2.07. The fraction of sp³-hybridized carbons (Fsp3) is 0. The first-order valence-corrected chi connectivity index (χ1v) is 6.32. The summed E-state index contributed by atoms with van der Waals surface area (Å²) in [5.41, 5.74) is 1.65. The molecule has 0 aromatic heterocycles. The number of carbonyl (C=O) groups excluding carboxylic acids is 1. The van der Waals surface area contributed by atoms with Crippen LogP contribution in [-0.2, 0) is 4.79 Å². The zero-order valence-electron chi connectivity index (χ0n) is 11.4. The molecule has 0 aliphatic carbocycles. The molecular weight excluding hydrogens is 282 g/mol. The maximum atomic E-state index is 11.8. The number of amides is 1. The highest BCUT2D eigenvalue weighted by molar-refractivity contribution is 6.02. The minimum atomic E-state index is -0.484. The second-order valence-corrected chi connectivity index (χ2v) is 4.36. The number of rotatable bonds is 4. The minimum absolute atomic E-state index is 0.00470. The highest BCUT2D eigenvalue weighted by Gasteiger charge is 2.03. The molecule has 2 aromatic rings. The largest absolute Gasteiger partial charge is 0.322 e. The molecule has 0 heterocycles. The van der Waals surface area contributed by atoms with Crippen LogP contribution in [0.15, 0.2) is 54.6 Å². The first kappa shape index (κ1) is 14.9. The molecule has 1 amide bonds. The minimum Gasteiger partial charge on any atom is -0.322 e. The number of hydrogen-bond donors (Lipinski definition) is 1. The molecule has 0 aliphatic heterocycles. The summed E-state index contributed by atoms with van der Waals surface area (Å²) in [5.74, 6) is -0.353. The molecule has 0 saturated heterocycles. The summed E-state index contributed by atoms with van der Waals surface area (Å²) >= 11 is 0. The van der Waals surface area contributed by atoms with E-state index in [1.807, 2.05) is 6.07 Å². The van der Waals surface area contributed by atoms with Crippen molar-refractivity contribution in [1.82, 2.24) is 0 Å². The molecule has 22 heavy (non-hydrogen) atoms. The van der Waals surface area contributed by atoms with Gasteiger partial charge in [0.05, 0.1) is 16.6 Å². The molecule has 1 N–H and O–H groups in total. The van der Waals surface area contributed by atoms with Crippen molar-refractivity contribution >= 4 is 23.4 Å². The molecule has 2 rings (SSSR count). The van der Waals surface area contributed by atoms with Gasteiger partial charge in [-0.2, -0.15) is 5.26 Å². The smallest absolute Gasteiger partial charge is 0.269 e. The van der Waals surface area contributed by atoms with E-state index in [4.69, 9.17) is 5.26 Å². The Labute approximate surface area is 126 Å². The second kappa shape index (κ2) is 6.81. The monoisotopic (exact) mass is 293 g/mol. The molecule has 0 bridgehead atoms. The van der Waals surface area contributed by atoms with Crippen LogP contribution in [0.25, 0.3) is 6.08 Å². The zero-order chi connectivity index (χ0) is 15.9. The van der Waals surface area contributed by atoms with Crippen LogP contribution < -0.4 is 5.32 Å². The molecule has 0 fully saturated rings. The van der Waals surface area contributed by atoms with Crippen LogP contribution in [0.3, 0.4) is 0 Å². The summed E-state index contributed by atoms with van der Waals surface area (Å²) in [5, 5.41) is 22.0. The van der Waals surface area contributed by atoms with Crippen LogP contribution in [0.4, 0.5) is 11.4 Å². The van der Waals surface area contributed by atoms with Gasteiger partial charge in [0, 0.05) is 23.9 Å². The third kappa shape index (κ3) is 4.02. The Morgan fingerprint density at radius 2 is 1.95 bits per heavy atom. The molecule has 0 spiro atoms. The number of hydrogen-bond acceptors (Lipinski definition) is 4. The molecule has 6 nitrogen and oxygen atoms in total. The van der Waals surface area contributed by atoms with Gasteiger partial charge in [-0.3, -0.25) is 14.9 Å². The van der Waals surface area contributed by atoms with Crippen molar-refractivity contribution in [2.75, 3.05) is 5.32 Å². The van der Waals surface area contributed by atoms with Crippen LogP contribution in [0.5, 0.6) is 0 Å². The Kier molecular flexibility index (Phi) is 4.63. The van der Waals surface area contributed by atoms with E-state index in [1.54, 1.807) is 42.5 Å². The van der Waals surface area contributed by atoms with Crippen molar-refractivity contribution in [2.24, 2.45) is 0 Å². The topological polar surface area (TPSA) is 96.0 Å². The van der Waals surface area contributed by atoms with E-state index in [0.29, 0.717) is 16.8 Å². The summed E-state index contributed by atoms with van der Waals surface area (Å²) < 4.78 is 0. The van der Waals surface area contributed by atoms with Gasteiger partial charge in [-0.1, -0.05) is 6.07 Å². The Bertz CT molecular complexity index is 774.